The van der Waals surface area contributed by atoms with Crippen molar-refractivity contribution in [2.45, 2.75) is 6.42 Å². The van der Waals surface area contributed by atoms with E-state index < -0.39 is 0 Å². The molecule has 0 aliphatic rings. The molecule has 0 aromatic heterocycles. The zero-order valence-corrected chi connectivity index (χ0v) is 10.4. The van der Waals surface area contributed by atoms with Gasteiger partial charge < -0.3 is 4.74 Å². The summed E-state index contributed by atoms with van der Waals surface area (Å²) in [5.74, 6) is -0.361. The Kier molecular flexibility index (Phi) is 4.30. The predicted octanol–water partition coefficient (Wildman–Crippen LogP) is 2.96. The number of esters is 1. The van der Waals surface area contributed by atoms with Crippen molar-refractivity contribution in [3.63, 3.8) is 0 Å². The summed E-state index contributed by atoms with van der Waals surface area (Å²) in [6.07, 6.45) is 0.697. The summed E-state index contributed by atoms with van der Waals surface area (Å²) in [5.41, 5.74) is 2.13. The van der Waals surface area contributed by atoms with Crippen LogP contribution in [0.4, 0.5) is 0 Å². The maximum Gasteiger partial charge on any atom is 0.338 e. The van der Waals surface area contributed by atoms with Gasteiger partial charge in [0.05, 0.1) is 23.8 Å². The molecule has 3 nitrogen and oxygen atoms in total. The van der Waals surface area contributed by atoms with Gasteiger partial charge in [-0.05, 0) is 29.8 Å². The van der Waals surface area contributed by atoms with Gasteiger partial charge >= 0.3 is 5.97 Å². The van der Waals surface area contributed by atoms with Crippen LogP contribution in [0, 0.1) is 11.3 Å². The van der Waals surface area contributed by atoms with Crippen LogP contribution < -0.4 is 0 Å². The second kappa shape index (κ2) is 6.36. The van der Waals surface area contributed by atoms with Crippen LogP contribution in [0.3, 0.4) is 0 Å². The average molecular weight is 253 g/mol. The molecule has 0 radical (unpaired) electrons. The van der Waals surface area contributed by atoms with E-state index in [1.54, 1.807) is 24.3 Å². The summed E-state index contributed by atoms with van der Waals surface area (Å²) in [6.45, 7) is 0.350. The SMILES string of the molecule is N#Cc1ccc(C(=O)[18O]CCc2ccccc2)cc1. The van der Waals surface area contributed by atoms with Gasteiger partial charge in [0.15, 0.2) is 0 Å². The molecule has 0 N–H and O–H groups in total. The van der Waals surface area contributed by atoms with Gasteiger partial charge in [-0.15, -0.1) is 0 Å². The molecule has 0 fully saturated rings. The highest BCUT2D eigenvalue weighted by Crippen LogP contribution is 2.06. The molecule has 0 bridgehead atoms. The maximum atomic E-state index is 11.7. The molecule has 0 atom stereocenters. The Labute approximate surface area is 112 Å². The lowest BCUT2D eigenvalue weighted by molar-refractivity contribution is 0.0509. The quantitative estimate of drug-likeness (QED) is 0.621. The van der Waals surface area contributed by atoms with Crippen molar-refractivity contribution >= 4 is 5.97 Å². The highest BCUT2D eigenvalue weighted by molar-refractivity contribution is 5.89. The van der Waals surface area contributed by atoms with Gasteiger partial charge in [-0.1, -0.05) is 30.3 Å². The fourth-order valence-electron chi connectivity index (χ4n) is 1.67. The highest BCUT2D eigenvalue weighted by atomic mass is 18.3. The van der Waals surface area contributed by atoms with Gasteiger partial charge in [0.1, 0.15) is 0 Å². The van der Waals surface area contributed by atoms with Crippen LogP contribution in [-0.2, 0) is 11.2 Å². The fraction of sp³-hybridized carbons (Fsp3) is 0.125. The molecule has 2 aromatic rings. The summed E-state index contributed by atoms with van der Waals surface area (Å²) in [5, 5.41) is 8.67. The largest absolute Gasteiger partial charge is 0.462 e. The van der Waals surface area contributed by atoms with Crippen molar-refractivity contribution in [1.82, 2.24) is 0 Å². The first-order chi connectivity index (χ1) is 9.29. The minimum Gasteiger partial charge on any atom is -0.462 e. The third-order valence-electron chi connectivity index (χ3n) is 2.72. The molecule has 94 valence electrons. The van der Waals surface area contributed by atoms with E-state index in [4.69, 9.17) is 10.00 Å². The Balaban J connectivity index is 1.86. The summed E-state index contributed by atoms with van der Waals surface area (Å²) in [7, 11) is 0. The average Bonchev–Trinajstić information content (AvgIpc) is 2.48. The highest BCUT2D eigenvalue weighted by Gasteiger charge is 2.06. The van der Waals surface area contributed by atoms with Crippen LogP contribution in [0.15, 0.2) is 54.6 Å². The third kappa shape index (κ3) is 3.68. The molecule has 0 saturated heterocycles. The molecule has 0 spiro atoms. The van der Waals surface area contributed by atoms with Crippen molar-refractivity contribution in [1.29, 1.82) is 5.26 Å². The summed E-state index contributed by atoms with van der Waals surface area (Å²) in [4.78, 5) is 11.7. The summed E-state index contributed by atoms with van der Waals surface area (Å²) in [6, 6.07) is 18.3. The van der Waals surface area contributed by atoms with E-state index in [9.17, 15) is 4.79 Å². The number of hydrogen-bond acceptors (Lipinski definition) is 3. The van der Waals surface area contributed by atoms with Crippen LogP contribution >= 0.6 is 0 Å². The number of nitrogens with zero attached hydrogens (tertiary/aromatic N) is 1. The monoisotopic (exact) mass is 253 g/mol. The van der Waals surface area contributed by atoms with Crippen molar-refractivity contribution in [2.24, 2.45) is 0 Å². The van der Waals surface area contributed by atoms with Crippen molar-refractivity contribution < 1.29 is 9.53 Å². The summed E-state index contributed by atoms with van der Waals surface area (Å²) >= 11 is 0. The number of carbonyl (C=O) groups is 1. The van der Waals surface area contributed by atoms with Crippen LogP contribution in [0.1, 0.15) is 21.5 Å². The Morgan fingerprint density at radius 1 is 1.05 bits per heavy atom. The van der Waals surface area contributed by atoms with Gasteiger partial charge in [0.2, 0.25) is 0 Å². The minimum absolute atomic E-state index is 0.350. The molecular formula is C16H13NO2. The van der Waals surface area contributed by atoms with Crippen molar-refractivity contribution in [2.75, 3.05) is 6.61 Å². The molecular weight excluding hydrogens is 240 g/mol. The Bertz CT molecular complexity index is 582. The normalized spacial score (nSPS) is 9.63. The zero-order valence-electron chi connectivity index (χ0n) is 10.4. The number of ether oxygens (including phenoxy) is 1. The van der Waals surface area contributed by atoms with E-state index in [1.165, 1.54) is 0 Å². The smallest absolute Gasteiger partial charge is 0.338 e. The number of hydrogen-bond donors (Lipinski definition) is 0. The molecule has 19 heavy (non-hydrogen) atoms. The lowest BCUT2D eigenvalue weighted by Crippen LogP contribution is -2.08. The fourth-order valence-corrected chi connectivity index (χ4v) is 1.67. The Morgan fingerprint density at radius 2 is 1.74 bits per heavy atom. The predicted molar refractivity (Wildman–Crippen MR) is 71.6 cm³/mol. The van der Waals surface area contributed by atoms with E-state index >= 15 is 0 Å². The van der Waals surface area contributed by atoms with Crippen LogP contribution in [0.2, 0.25) is 0 Å². The minimum atomic E-state index is -0.361. The second-order valence-corrected chi connectivity index (χ2v) is 4.06. The van der Waals surface area contributed by atoms with Gasteiger partial charge in [0.25, 0.3) is 0 Å². The molecule has 0 aliphatic heterocycles. The van der Waals surface area contributed by atoms with Gasteiger partial charge in [0, 0.05) is 6.42 Å². The maximum absolute atomic E-state index is 11.7. The molecule has 0 saturated carbocycles. The third-order valence-corrected chi connectivity index (χ3v) is 2.72. The number of rotatable bonds is 4. The molecule has 0 unspecified atom stereocenters. The van der Waals surface area contributed by atoms with E-state index in [0.717, 1.165) is 5.56 Å². The zero-order chi connectivity index (χ0) is 13.5. The second-order valence-electron chi connectivity index (χ2n) is 4.06. The van der Waals surface area contributed by atoms with Crippen LogP contribution in [0.5, 0.6) is 0 Å². The van der Waals surface area contributed by atoms with E-state index in [1.807, 2.05) is 36.4 Å². The molecule has 0 aliphatic carbocycles. The van der Waals surface area contributed by atoms with Gasteiger partial charge in [-0.3, -0.25) is 0 Å². The first-order valence-electron chi connectivity index (χ1n) is 6.01. The molecule has 0 heterocycles. The molecule has 3 heteroatoms. The van der Waals surface area contributed by atoms with Gasteiger partial charge in [-0.2, -0.15) is 5.26 Å². The van der Waals surface area contributed by atoms with Crippen LogP contribution in [0.25, 0.3) is 0 Å². The van der Waals surface area contributed by atoms with E-state index in [-0.39, 0.29) is 5.97 Å². The standard InChI is InChI=1S/C16H13NO2/c17-12-14-6-8-15(9-7-14)16(18)19-11-10-13-4-2-1-3-5-13/h1-9H,10-11H2/i19+2. The molecule has 0 amide bonds. The first-order valence-corrected chi connectivity index (χ1v) is 6.01. The number of carbonyl (C=O) groups excluding carboxylic acids is 1. The van der Waals surface area contributed by atoms with Crippen molar-refractivity contribution in [3.8, 4) is 6.07 Å². The molecule has 2 aromatic carbocycles. The van der Waals surface area contributed by atoms with Crippen molar-refractivity contribution in [3.05, 3.63) is 71.3 Å². The number of benzene rings is 2. The topological polar surface area (TPSA) is 50.1 Å². The Morgan fingerprint density at radius 3 is 2.37 bits per heavy atom. The van der Waals surface area contributed by atoms with E-state index in [2.05, 4.69) is 0 Å². The van der Waals surface area contributed by atoms with E-state index in [0.29, 0.717) is 24.2 Å². The first kappa shape index (κ1) is 12.8. The lowest BCUT2D eigenvalue weighted by Gasteiger charge is -2.05. The number of nitriles is 1. The molecule has 2 rings (SSSR count). The van der Waals surface area contributed by atoms with Gasteiger partial charge in [-0.25, -0.2) is 4.79 Å². The lowest BCUT2D eigenvalue weighted by atomic mass is 10.1. The summed E-state index contributed by atoms with van der Waals surface area (Å²) < 4.78 is 5.18. The van der Waals surface area contributed by atoms with Crippen LogP contribution in [-0.4, -0.2) is 12.6 Å². The Hall–Kier alpha value is -2.60.